The molecule has 1 aromatic rings. The first-order valence-corrected chi connectivity index (χ1v) is 6.61. The number of pyridine rings is 1. The lowest BCUT2D eigenvalue weighted by Crippen LogP contribution is -2.40. The van der Waals surface area contributed by atoms with Gasteiger partial charge in [0.1, 0.15) is 11.9 Å². The number of nitrogens with two attached hydrogens (primary N) is 1. The van der Waals surface area contributed by atoms with Crippen LogP contribution in [0.25, 0.3) is 0 Å². The van der Waals surface area contributed by atoms with Gasteiger partial charge in [-0.3, -0.25) is 4.90 Å². The molecule has 1 heterocycles. The fraction of sp³-hybridized carbons (Fsp3) is 0.571. The highest BCUT2D eigenvalue weighted by atomic mass is 15.2. The molecule has 5 heteroatoms. The molecule has 5 nitrogen and oxygen atoms in total. The summed E-state index contributed by atoms with van der Waals surface area (Å²) in [5, 5.41) is 12.2. The second-order valence-corrected chi connectivity index (χ2v) is 5.13. The average Bonchev–Trinajstić information content (AvgIpc) is 2.34. The van der Waals surface area contributed by atoms with E-state index in [0.717, 1.165) is 13.1 Å². The van der Waals surface area contributed by atoms with E-state index in [2.05, 4.69) is 49.0 Å². The molecule has 0 radical (unpaired) electrons. The van der Waals surface area contributed by atoms with Crippen molar-refractivity contribution >= 4 is 11.5 Å². The van der Waals surface area contributed by atoms with Gasteiger partial charge >= 0.3 is 0 Å². The topological polar surface area (TPSA) is 78.0 Å². The van der Waals surface area contributed by atoms with Crippen LogP contribution in [0, 0.1) is 11.3 Å². The molecule has 0 spiro atoms. The number of nitriles is 1. The van der Waals surface area contributed by atoms with E-state index in [4.69, 9.17) is 11.0 Å². The third-order valence-electron chi connectivity index (χ3n) is 3.02. The highest BCUT2D eigenvalue weighted by Gasteiger charge is 2.13. The molecule has 0 fully saturated rings. The summed E-state index contributed by atoms with van der Waals surface area (Å²) < 4.78 is 0. The SMILES string of the molecule is CC(C)N(CCNc1ncc(N)cc1C#N)C(C)C. The van der Waals surface area contributed by atoms with E-state index in [9.17, 15) is 0 Å². The first-order chi connectivity index (χ1) is 8.95. The van der Waals surface area contributed by atoms with Crippen LogP contribution < -0.4 is 11.1 Å². The molecule has 0 amide bonds. The fourth-order valence-corrected chi connectivity index (χ4v) is 2.12. The highest BCUT2D eigenvalue weighted by molar-refractivity contribution is 5.57. The third-order valence-corrected chi connectivity index (χ3v) is 3.02. The van der Waals surface area contributed by atoms with Crippen LogP contribution in [0.1, 0.15) is 33.3 Å². The lowest BCUT2D eigenvalue weighted by molar-refractivity contribution is 0.182. The van der Waals surface area contributed by atoms with Gasteiger partial charge in [-0.15, -0.1) is 0 Å². The van der Waals surface area contributed by atoms with Crippen molar-refractivity contribution < 1.29 is 0 Å². The molecule has 0 bridgehead atoms. The monoisotopic (exact) mass is 261 g/mol. The van der Waals surface area contributed by atoms with Gasteiger partial charge in [-0.1, -0.05) is 0 Å². The zero-order valence-electron chi connectivity index (χ0n) is 12.1. The number of hydrogen-bond acceptors (Lipinski definition) is 5. The predicted octanol–water partition coefficient (Wildman–Crippen LogP) is 2.07. The quantitative estimate of drug-likeness (QED) is 0.819. The van der Waals surface area contributed by atoms with Crippen molar-refractivity contribution in [3.8, 4) is 6.07 Å². The summed E-state index contributed by atoms with van der Waals surface area (Å²) in [6, 6.07) is 4.73. The maximum Gasteiger partial charge on any atom is 0.144 e. The Morgan fingerprint density at radius 1 is 1.37 bits per heavy atom. The number of nitrogens with zero attached hydrogens (tertiary/aromatic N) is 3. The molecule has 0 atom stereocenters. The average molecular weight is 261 g/mol. The molecule has 0 aliphatic rings. The van der Waals surface area contributed by atoms with E-state index in [-0.39, 0.29) is 0 Å². The molecular weight excluding hydrogens is 238 g/mol. The fourth-order valence-electron chi connectivity index (χ4n) is 2.12. The Hall–Kier alpha value is -1.80. The summed E-state index contributed by atoms with van der Waals surface area (Å²) in [4.78, 5) is 6.54. The van der Waals surface area contributed by atoms with E-state index >= 15 is 0 Å². The first kappa shape index (κ1) is 15.3. The van der Waals surface area contributed by atoms with Gasteiger partial charge in [0.2, 0.25) is 0 Å². The number of hydrogen-bond donors (Lipinski definition) is 2. The van der Waals surface area contributed by atoms with Crippen LogP contribution in [0.15, 0.2) is 12.3 Å². The molecule has 104 valence electrons. The molecular formula is C14H23N5. The van der Waals surface area contributed by atoms with Gasteiger partial charge in [0.05, 0.1) is 17.4 Å². The van der Waals surface area contributed by atoms with Crippen LogP contribution >= 0.6 is 0 Å². The molecule has 0 unspecified atom stereocenters. The van der Waals surface area contributed by atoms with Crippen molar-refractivity contribution in [2.24, 2.45) is 0 Å². The van der Waals surface area contributed by atoms with E-state index < -0.39 is 0 Å². The predicted molar refractivity (Wildman–Crippen MR) is 78.8 cm³/mol. The Balaban J connectivity index is 2.60. The number of nitrogen functional groups attached to an aromatic ring is 1. The number of anilines is 2. The maximum absolute atomic E-state index is 9.03. The highest BCUT2D eigenvalue weighted by Crippen LogP contribution is 2.14. The Bertz CT molecular complexity index is 440. The van der Waals surface area contributed by atoms with Gasteiger partial charge in [0.15, 0.2) is 0 Å². The van der Waals surface area contributed by atoms with Crippen molar-refractivity contribution in [3.63, 3.8) is 0 Å². The molecule has 3 N–H and O–H groups in total. The van der Waals surface area contributed by atoms with Crippen LogP contribution in [0.3, 0.4) is 0 Å². The summed E-state index contributed by atoms with van der Waals surface area (Å²) in [5.41, 5.74) is 6.60. The summed E-state index contributed by atoms with van der Waals surface area (Å²) in [7, 11) is 0. The largest absolute Gasteiger partial charge is 0.397 e. The van der Waals surface area contributed by atoms with Gasteiger partial charge in [-0.05, 0) is 33.8 Å². The summed E-state index contributed by atoms with van der Waals surface area (Å²) in [6.07, 6.45) is 1.56. The molecule has 0 aliphatic carbocycles. The molecule has 0 saturated heterocycles. The Kier molecular flexibility index (Phi) is 5.58. The van der Waals surface area contributed by atoms with E-state index in [0.29, 0.717) is 29.2 Å². The second kappa shape index (κ2) is 6.95. The number of nitrogens with one attached hydrogen (secondary N) is 1. The number of rotatable bonds is 6. The Morgan fingerprint density at radius 2 is 2.00 bits per heavy atom. The maximum atomic E-state index is 9.03. The smallest absolute Gasteiger partial charge is 0.144 e. The normalized spacial score (nSPS) is 11.1. The minimum absolute atomic E-state index is 0.487. The lowest BCUT2D eigenvalue weighted by Gasteiger charge is -2.30. The second-order valence-electron chi connectivity index (χ2n) is 5.13. The molecule has 0 aliphatic heterocycles. The third kappa shape index (κ3) is 4.42. The van der Waals surface area contributed by atoms with E-state index in [1.807, 2.05) is 0 Å². The van der Waals surface area contributed by atoms with Gasteiger partial charge in [-0.25, -0.2) is 4.98 Å². The first-order valence-electron chi connectivity index (χ1n) is 6.61. The minimum Gasteiger partial charge on any atom is -0.397 e. The van der Waals surface area contributed by atoms with Gasteiger partial charge < -0.3 is 11.1 Å². The molecule has 19 heavy (non-hydrogen) atoms. The van der Waals surface area contributed by atoms with Crippen molar-refractivity contribution in [3.05, 3.63) is 17.8 Å². The van der Waals surface area contributed by atoms with Crippen molar-refractivity contribution in [2.75, 3.05) is 24.1 Å². The van der Waals surface area contributed by atoms with Gasteiger partial charge in [0, 0.05) is 25.2 Å². The summed E-state index contributed by atoms with van der Waals surface area (Å²) in [6.45, 7) is 10.4. The summed E-state index contributed by atoms with van der Waals surface area (Å²) in [5.74, 6) is 0.601. The van der Waals surface area contributed by atoms with Crippen molar-refractivity contribution in [2.45, 2.75) is 39.8 Å². The van der Waals surface area contributed by atoms with Crippen molar-refractivity contribution in [1.82, 2.24) is 9.88 Å². The van der Waals surface area contributed by atoms with Gasteiger partial charge in [-0.2, -0.15) is 5.26 Å². The zero-order chi connectivity index (χ0) is 14.4. The van der Waals surface area contributed by atoms with Crippen LogP contribution in [0.2, 0.25) is 0 Å². The Labute approximate surface area is 115 Å². The Morgan fingerprint density at radius 3 is 2.53 bits per heavy atom. The minimum atomic E-state index is 0.487. The lowest BCUT2D eigenvalue weighted by atomic mass is 10.2. The summed E-state index contributed by atoms with van der Waals surface area (Å²) >= 11 is 0. The van der Waals surface area contributed by atoms with Crippen LogP contribution in [0.5, 0.6) is 0 Å². The molecule has 1 aromatic heterocycles. The standard InChI is InChI=1S/C14H23N5/c1-10(2)19(11(3)4)6-5-17-14-12(8-15)7-13(16)9-18-14/h7,9-11H,5-6,16H2,1-4H3,(H,17,18). The van der Waals surface area contributed by atoms with Gasteiger partial charge in [0.25, 0.3) is 0 Å². The van der Waals surface area contributed by atoms with Crippen LogP contribution in [-0.4, -0.2) is 35.1 Å². The zero-order valence-corrected chi connectivity index (χ0v) is 12.1. The number of aromatic nitrogens is 1. The van der Waals surface area contributed by atoms with Crippen LogP contribution in [0.4, 0.5) is 11.5 Å². The van der Waals surface area contributed by atoms with Crippen molar-refractivity contribution in [1.29, 1.82) is 5.26 Å². The van der Waals surface area contributed by atoms with E-state index in [1.54, 1.807) is 12.3 Å². The molecule has 0 aromatic carbocycles. The van der Waals surface area contributed by atoms with Crippen LogP contribution in [-0.2, 0) is 0 Å². The molecule has 0 saturated carbocycles. The van der Waals surface area contributed by atoms with E-state index in [1.165, 1.54) is 0 Å². The molecule has 1 rings (SSSR count).